The molecule has 1 aromatic carbocycles. The fraction of sp³-hybridized carbons (Fsp3) is 0.538. The molecule has 2 atom stereocenters. The van der Waals surface area contributed by atoms with Crippen molar-refractivity contribution in [1.82, 2.24) is 4.31 Å². The predicted molar refractivity (Wildman–Crippen MR) is 79.5 cm³/mol. The highest BCUT2D eigenvalue weighted by atomic mass is 35.5. The van der Waals surface area contributed by atoms with Crippen LogP contribution in [-0.2, 0) is 10.0 Å². The van der Waals surface area contributed by atoms with Crippen molar-refractivity contribution in [3.05, 3.63) is 28.0 Å². The molecule has 2 aliphatic heterocycles. The van der Waals surface area contributed by atoms with Gasteiger partial charge in [0, 0.05) is 18.1 Å². The maximum Gasteiger partial charge on any atom is 0.245 e. The molecule has 2 aliphatic rings. The van der Waals surface area contributed by atoms with Gasteiger partial charge < -0.3 is 5.73 Å². The zero-order valence-electron chi connectivity index (χ0n) is 11.1. The Bertz CT molecular complexity index is 669. The summed E-state index contributed by atoms with van der Waals surface area (Å²) in [6.45, 7) is 0. The van der Waals surface area contributed by atoms with Crippen molar-refractivity contribution in [2.24, 2.45) is 5.73 Å². The first-order chi connectivity index (χ1) is 9.82. The maximum atomic E-state index is 13.8. The first kappa shape index (κ1) is 15.5. The molecule has 2 fully saturated rings. The number of hydrogen-bond donors (Lipinski definition) is 1. The van der Waals surface area contributed by atoms with Crippen LogP contribution in [0.1, 0.15) is 25.7 Å². The standard InChI is InChI=1S/C13H15Cl2FN2O2S/c14-10-3-4-11(12(15)13(10)16)21(19,20)18-8-1-2-9(18)6-7(17)5-8/h3-4,7-9H,1-2,5-6,17H2. The van der Waals surface area contributed by atoms with Gasteiger partial charge in [-0.2, -0.15) is 4.31 Å². The molecule has 0 aliphatic carbocycles. The molecule has 0 aromatic heterocycles. The largest absolute Gasteiger partial charge is 0.328 e. The van der Waals surface area contributed by atoms with E-state index in [1.807, 2.05) is 0 Å². The molecule has 2 N–H and O–H groups in total. The Morgan fingerprint density at radius 2 is 1.76 bits per heavy atom. The zero-order chi connectivity index (χ0) is 15.4. The van der Waals surface area contributed by atoms with Crippen molar-refractivity contribution in [1.29, 1.82) is 0 Å². The Morgan fingerprint density at radius 1 is 1.19 bits per heavy atom. The van der Waals surface area contributed by atoms with E-state index in [0.717, 1.165) is 12.8 Å². The van der Waals surface area contributed by atoms with E-state index in [2.05, 4.69) is 0 Å². The van der Waals surface area contributed by atoms with Crippen LogP contribution in [0.3, 0.4) is 0 Å². The molecule has 116 valence electrons. The molecule has 21 heavy (non-hydrogen) atoms. The van der Waals surface area contributed by atoms with Crippen molar-refractivity contribution in [2.75, 3.05) is 0 Å². The number of fused-ring (bicyclic) bond motifs is 2. The summed E-state index contributed by atoms with van der Waals surface area (Å²) >= 11 is 11.5. The van der Waals surface area contributed by atoms with Gasteiger partial charge in [-0.05, 0) is 37.8 Å². The maximum absolute atomic E-state index is 13.8. The highest BCUT2D eigenvalue weighted by Gasteiger charge is 2.47. The van der Waals surface area contributed by atoms with Gasteiger partial charge in [-0.15, -0.1) is 0 Å². The molecular weight excluding hydrogens is 338 g/mol. The van der Waals surface area contributed by atoms with E-state index in [1.165, 1.54) is 16.4 Å². The molecule has 0 saturated carbocycles. The van der Waals surface area contributed by atoms with E-state index in [-0.39, 0.29) is 28.0 Å². The number of rotatable bonds is 2. The third-order valence-corrected chi connectivity index (χ3v) is 7.08. The second-order valence-corrected chi connectivity index (χ2v) is 8.22. The normalized spacial score (nSPS) is 29.8. The second-order valence-electron chi connectivity index (χ2n) is 5.62. The lowest BCUT2D eigenvalue weighted by Gasteiger charge is -2.36. The van der Waals surface area contributed by atoms with Gasteiger partial charge in [-0.3, -0.25) is 0 Å². The Kier molecular flexibility index (Phi) is 3.95. The van der Waals surface area contributed by atoms with E-state index in [0.29, 0.717) is 12.8 Å². The van der Waals surface area contributed by atoms with Gasteiger partial charge in [0.15, 0.2) is 5.82 Å². The molecule has 0 spiro atoms. The third-order valence-electron chi connectivity index (χ3n) is 4.26. The van der Waals surface area contributed by atoms with Crippen molar-refractivity contribution in [2.45, 2.75) is 48.7 Å². The first-order valence-electron chi connectivity index (χ1n) is 6.75. The monoisotopic (exact) mass is 352 g/mol. The summed E-state index contributed by atoms with van der Waals surface area (Å²) in [6, 6.07) is 2.24. The Morgan fingerprint density at radius 3 is 2.33 bits per heavy atom. The van der Waals surface area contributed by atoms with Gasteiger partial charge >= 0.3 is 0 Å². The van der Waals surface area contributed by atoms with Gasteiger partial charge in [0.1, 0.15) is 4.90 Å². The highest BCUT2D eigenvalue weighted by Crippen LogP contribution is 2.41. The average Bonchev–Trinajstić information content (AvgIpc) is 2.69. The van der Waals surface area contributed by atoms with E-state index >= 15 is 0 Å². The molecule has 2 bridgehead atoms. The fourth-order valence-electron chi connectivity index (χ4n) is 3.39. The molecule has 1 aromatic rings. The molecule has 2 saturated heterocycles. The Labute approximate surface area is 133 Å². The van der Waals surface area contributed by atoms with Crippen molar-refractivity contribution in [3.8, 4) is 0 Å². The summed E-state index contributed by atoms with van der Waals surface area (Å²) < 4.78 is 40.9. The minimum atomic E-state index is -3.84. The Balaban J connectivity index is 2.04. The second kappa shape index (κ2) is 5.35. The summed E-state index contributed by atoms with van der Waals surface area (Å²) in [6.07, 6.45) is 2.82. The topological polar surface area (TPSA) is 63.4 Å². The number of halogens is 3. The van der Waals surface area contributed by atoms with Crippen LogP contribution in [0.2, 0.25) is 10.0 Å². The quantitative estimate of drug-likeness (QED) is 0.832. The number of nitrogens with zero attached hydrogens (tertiary/aromatic N) is 1. The predicted octanol–water partition coefficient (Wildman–Crippen LogP) is 2.78. The van der Waals surface area contributed by atoms with Crippen molar-refractivity contribution < 1.29 is 12.8 Å². The zero-order valence-corrected chi connectivity index (χ0v) is 13.4. The van der Waals surface area contributed by atoms with Crippen molar-refractivity contribution in [3.63, 3.8) is 0 Å². The SMILES string of the molecule is NC1CC2CCC(C1)N2S(=O)(=O)c1ccc(Cl)c(F)c1Cl. The molecule has 2 unspecified atom stereocenters. The Hall–Kier alpha value is -0.400. The average molecular weight is 353 g/mol. The van der Waals surface area contributed by atoms with Crippen LogP contribution < -0.4 is 5.73 Å². The molecule has 0 radical (unpaired) electrons. The summed E-state index contributed by atoms with van der Waals surface area (Å²) in [4.78, 5) is -0.224. The summed E-state index contributed by atoms with van der Waals surface area (Å²) in [5.41, 5.74) is 5.95. The first-order valence-corrected chi connectivity index (χ1v) is 8.94. The molecule has 4 nitrogen and oxygen atoms in total. The van der Waals surface area contributed by atoms with Gasteiger partial charge in [0.25, 0.3) is 0 Å². The lowest BCUT2D eigenvalue weighted by atomic mass is 10.0. The summed E-state index contributed by atoms with van der Waals surface area (Å²) in [5, 5.41) is -0.639. The number of hydrogen-bond acceptors (Lipinski definition) is 3. The summed E-state index contributed by atoms with van der Waals surface area (Å²) in [5.74, 6) is -0.902. The van der Waals surface area contributed by atoms with Gasteiger partial charge in [0.2, 0.25) is 10.0 Å². The number of benzene rings is 1. The van der Waals surface area contributed by atoms with Crippen LogP contribution in [0.15, 0.2) is 17.0 Å². The van der Waals surface area contributed by atoms with Crippen LogP contribution in [0.4, 0.5) is 4.39 Å². The van der Waals surface area contributed by atoms with Crippen LogP contribution in [0, 0.1) is 5.82 Å². The van der Waals surface area contributed by atoms with Gasteiger partial charge in [0.05, 0.1) is 10.0 Å². The van der Waals surface area contributed by atoms with E-state index in [4.69, 9.17) is 28.9 Å². The van der Waals surface area contributed by atoms with Crippen LogP contribution in [0.25, 0.3) is 0 Å². The lowest BCUT2D eigenvalue weighted by Crippen LogP contribution is -2.50. The van der Waals surface area contributed by atoms with Gasteiger partial charge in [-0.25, -0.2) is 12.8 Å². The number of piperidine rings is 1. The fourth-order valence-corrected chi connectivity index (χ4v) is 6.00. The molecule has 0 amide bonds. The molecular formula is C13H15Cl2FN2O2S. The van der Waals surface area contributed by atoms with Crippen LogP contribution >= 0.6 is 23.2 Å². The van der Waals surface area contributed by atoms with Crippen LogP contribution in [-0.4, -0.2) is 30.8 Å². The summed E-state index contributed by atoms with van der Waals surface area (Å²) in [7, 11) is -3.84. The van der Waals surface area contributed by atoms with E-state index in [1.54, 1.807) is 0 Å². The highest BCUT2D eigenvalue weighted by molar-refractivity contribution is 7.89. The third kappa shape index (κ3) is 2.47. The van der Waals surface area contributed by atoms with Gasteiger partial charge in [-0.1, -0.05) is 23.2 Å². The van der Waals surface area contributed by atoms with E-state index in [9.17, 15) is 12.8 Å². The minimum Gasteiger partial charge on any atom is -0.328 e. The number of nitrogens with two attached hydrogens (primary N) is 1. The lowest BCUT2D eigenvalue weighted by molar-refractivity contribution is 0.227. The number of sulfonamides is 1. The molecule has 2 heterocycles. The molecule has 3 rings (SSSR count). The minimum absolute atomic E-state index is 0.0198. The smallest absolute Gasteiger partial charge is 0.245 e. The van der Waals surface area contributed by atoms with E-state index < -0.39 is 20.9 Å². The van der Waals surface area contributed by atoms with Crippen LogP contribution in [0.5, 0.6) is 0 Å². The van der Waals surface area contributed by atoms with Crippen molar-refractivity contribution >= 4 is 33.2 Å². The molecule has 8 heteroatoms.